The standard InChI is InChI=1S/C5H11.CH3.Cu/c1-4-5(2)3;;/h5H,1,4H2,2-3H3;1H3;. The fourth-order valence-electron chi connectivity index (χ4n) is 0.261. The molecule has 0 aromatic carbocycles. The van der Waals surface area contributed by atoms with E-state index >= 15 is 0 Å². The van der Waals surface area contributed by atoms with Crippen molar-refractivity contribution in [2.24, 2.45) is 5.92 Å². The first-order chi connectivity index (χ1) is 3.27. The molecule has 0 amide bonds. The summed E-state index contributed by atoms with van der Waals surface area (Å²) in [5, 5.41) is 1.31. The Bertz CT molecular complexity index is 33.2. The molecule has 0 bridgehead atoms. The molecule has 0 unspecified atom stereocenters. The first kappa shape index (κ1) is 7.52. The van der Waals surface area contributed by atoms with E-state index in [1.807, 2.05) is 15.0 Å². The summed E-state index contributed by atoms with van der Waals surface area (Å²) in [5.41, 5.74) is 0. The second-order valence-corrected chi connectivity index (χ2v) is 3.18. The maximum absolute atomic E-state index is 2.26. The minimum atomic E-state index is 0.879. The van der Waals surface area contributed by atoms with Gasteiger partial charge in [0, 0.05) is 0 Å². The van der Waals surface area contributed by atoms with Gasteiger partial charge < -0.3 is 0 Å². The molecule has 0 aromatic rings. The molecule has 0 aromatic heterocycles. The van der Waals surface area contributed by atoms with E-state index in [1.54, 1.807) is 0 Å². The van der Waals surface area contributed by atoms with Gasteiger partial charge in [0.25, 0.3) is 0 Å². The molecule has 0 radical (unpaired) electrons. The van der Waals surface area contributed by atoms with Gasteiger partial charge in [0.2, 0.25) is 0 Å². The van der Waals surface area contributed by atoms with Gasteiger partial charge in [0.15, 0.2) is 0 Å². The Kier molecular flexibility index (Phi) is 5.02. The van der Waals surface area contributed by atoms with Crippen LogP contribution in [0.2, 0.25) is 11.1 Å². The van der Waals surface area contributed by atoms with Crippen molar-refractivity contribution in [1.82, 2.24) is 0 Å². The van der Waals surface area contributed by atoms with Crippen molar-refractivity contribution in [2.45, 2.75) is 31.4 Å². The second kappa shape index (κ2) is 4.67. The van der Waals surface area contributed by atoms with Gasteiger partial charge in [-0.1, -0.05) is 0 Å². The molecule has 0 aliphatic carbocycles. The van der Waals surface area contributed by atoms with Crippen LogP contribution >= 0.6 is 0 Å². The molecule has 49 valence electrons. The van der Waals surface area contributed by atoms with Crippen molar-refractivity contribution in [3.63, 3.8) is 0 Å². The Morgan fingerprint density at radius 1 is 1.43 bits per heavy atom. The van der Waals surface area contributed by atoms with Gasteiger partial charge in [0.1, 0.15) is 0 Å². The molecular formula is C6H14Cu. The maximum atomic E-state index is 2.26. The average molecular weight is 150 g/mol. The minimum absolute atomic E-state index is 0.879. The molecular weight excluding hydrogens is 136 g/mol. The predicted octanol–water partition coefficient (Wildman–Crippen LogP) is 2.58. The fraction of sp³-hybridized carbons (Fsp3) is 1.00. The molecule has 0 rings (SSSR count). The van der Waals surface area contributed by atoms with E-state index < -0.39 is 0 Å². The topological polar surface area (TPSA) is 0 Å². The molecule has 0 aliphatic rings. The van der Waals surface area contributed by atoms with Gasteiger partial charge in [-0.3, -0.25) is 0 Å². The molecule has 0 heterocycles. The van der Waals surface area contributed by atoms with Crippen molar-refractivity contribution in [1.29, 1.82) is 0 Å². The van der Waals surface area contributed by atoms with Gasteiger partial charge in [-0.2, -0.15) is 0 Å². The van der Waals surface area contributed by atoms with Crippen LogP contribution in [0, 0.1) is 5.92 Å². The monoisotopic (exact) mass is 149 g/mol. The van der Waals surface area contributed by atoms with Crippen LogP contribution in [-0.2, 0) is 15.0 Å². The third kappa shape index (κ3) is 6.52. The Labute approximate surface area is 52.8 Å². The van der Waals surface area contributed by atoms with Crippen LogP contribution < -0.4 is 0 Å². The molecule has 0 fully saturated rings. The Balaban J connectivity index is 2.68. The third-order valence-corrected chi connectivity index (χ3v) is 1.56. The van der Waals surface area contributed by atoms with Crippen LogP contribution in [-0.4, -0.2) is 0 Å². The molecule has 7 heavy (non-hydrogen) atoms. The summed E-state index contributed by atoms with van der Waals surface area (Å²) in [5.74, 6) is 3.02. The second-order valence-electron chi connectivity index (χ2n) is 2.05. The summed E-state index contributed by atoms with van der Waals surface area (Å²) in [7, 11) is 0. The van der Waals surface area contributed by atoms with Gasteiger partial charge in [-0.15, -0.1) is 0 Å². The quantitative estimate of drug-likeness (QED) is 0.542. The molecule has 1 heteroatoms. The summed E-state index contributed by atoms with van der Waals surface area (Å²) in [6.45, 7) is 4.52. The van der Waals surface area contributed by atoms with Gasteiger partial charge in [-0.05, 0) is 0 Å². The van der Waals surface area contributed by atoms with E-state index in [0.29, 0.717) is 0 Å². The zero-order valence-corrected chi connectivity index (χ0v) is 6.23. The van der Waals surface area contributed by atoms with Crippen LogP contribution in [0.1, 0.15) is 20.3 Å². The van der Waals surface area contributed by atoms with Gasteiger partial charge in [0.05, 0.1) is 0 Å². The Morgan fingerprint density at radius 2 is 2.00 bits per heavy atom. The van der Waals surface area contributed by atoms with Crippen LogP contribution in [0.3, 0.4) is 0 Å². The zero-order chi connectivity index (χ0) is 5.70. The predicted molar refractivity (Wildman–Crippen MR) is 30.1 cm³/mol. The molecule has 0 atom stereocenters. The number of rotatable bonds is 3. The van der Waals surface area contributed by atoms with Crippen molar-refractivity contribution >= 4 is 0 Å². The van der Waals surface area contributed by atoms with Crippen LogP contribution in [0.15, 0.2) is 0 Å². The van der Waals surface area contributed by atoms with E-state index in [0.717, 1.165) is 5.92 Å². The van der Waals surface area contributed by atoms with E-state index in [4.69, 9.17) is 0 Å². The van der Waals surface area contributed by atoms with E-state index in [1.165, 1.54) is 11.7 Å². The Hall–Kier alpha value is 0.519. The summed E-state index contributed by atoms with van der Waals surface area (Å²) in [6.07, 6.45) is 1.36. The summed E-state index contributed by atoms with van der Waals surface area (Å²) < 4.78 is 0. The van der Waals surface area contributed by atoms with Crippen molar-refractivity contribution < 1.29 is 15.0 Å². The van der Waals surface area contributed by atoms with Crippen molar-refractivity contribution in [3.05, 3.63) is 0 Å². The van der Waals surface area contributed by atoms with Gasteiger partial charge in [-0.25, -0.2) is 0 Å². The Morgan fingerprint density at radius 3 is 2.14 bits per heavy atom. The van der Waals surface area contributed by atoms with E-state index in [2.05, 4.69) is 19.7 Å². The van der Waals surface area contributed by atoms with Crippen molar-refractivity contribution in [2.75, 3.05) is 0 Å². The normalized spacial score (nSPS) is 10.9. The van der Waals surface area contributed by atoms with Crippen molar-refractivity contribution in [3.8, 4) is 0 Å². The summed E-state index contributed by atoms with van der Waals surface area (Å²) >= 11 is 2.00. The van der Waals surface area contributed by atoms with Crippen LogP contribution in [0.25, 0.3) is 0 Å². The number of hydrogen-bond donors (Lipinski definition) is 0. The number of hydrogen-bond acceptors (Lipinski definition) is 0. The van der Waals surface area contributed by atoms with Crippen LogP contribution in [0.4, 0.5) is 0 Å². The fourth-order valence-corrected chi connectivity index (χ4v) is 1.08. The first-order valence-electron chi connectivity index (χ1n) is 2.58. The van der Waals surface area contributed by atoms with E-state index in [9.17, 15) is 0 Å². The molecule has 0 aliphatic heterocycles. The molecule has 0 spiro atoms. The molecule has 0 N–H and O–H groups in total. The molecule has 0 nitrogen and oxygen atoms in total. The zero-order valence-electron chi connectivity index (χ0n) is 5.29. The third-order valence-electron chi connectivity index (χ3n) is 0.815. The average Bonchev–Trinajstić information content (AvgIpc) is 1.61. The molecule has 0 saturated carbocycles. The SMILES string of the molecule is [CH3][Cu][CH2]CC(C)C. The first-order valence-corrected chi connectivity index (χ1v) is 4.19. The van der Waals surface area contributed by atoms with E-state index in [-0.39, 0.29) is 0 Å². The summed E-state index contributed by atoms with van der Waals surface area (Å²) in [6, 6.07) is 0. The molecule has 0 saturated heterocycles. The summed E-state index contributed by atoms with van der Waals surface area (Å²) in [4.78, 5) is 0. The van der Waals surface area contributed by atoms with Crippen LogP contribution in [0.5, 0.6) is 0 Å². The van der Waals surface area contributed by atoms with Gasteiger partial charge >= 0.3 is 52.3 Å².